The van der Waals surface area contributed by atoms with Crippen LogP contribution in [0.4, 0.5) is 4.39 Å². The maximum atomic E-state index is 14.3. The van der Waals surface area contributed by atoms with Crippen molar-refractivity contribution in [3.63, 3.8) is 0 Å². The highest BCUT2D eigenvalue weighted by Gasteiger charge is 2.47. The van der Waals surface area contributed by atoms with Crippen molar-refractivity contribution in [2.75, 3.05) is 13.1 Å². The van der Waals surface area contributed by atoms with Gasteiger partial charge in [0.2, 0.25) is 5.12 Å². The summed E-state index contributed by atoms with van der Waals surface area (Å²) in [4.78, 5) is 25.2. The zero-order valence-electron chi connectivity index (χ0n) is 13.1. The summed E-state index contributed by atoms with van der Waals surface area (Å²) in [6.45, 7) is 0.762. The second-order valence-electron chi connectivity index (χ2n) is 6.70. The van der Waals surface area contributed by atoms with Crippen LogP contribution in [-0.2, 0) is 9.59 Å². The van der Waals surface area contributed by atoms with Gasteiger partial charge in [-0.2, -0.15) is 0 Å². The zero-order chi connectivity index (χ0) is 16.9. The number of rotatable bonds is 4. The average molecular weight is 347 g/mol. The topological polar surface area (TPSA) is 57.6 Å². The van der Waals surface area contributed by atoms with E-state index in [0.717, 1.165) is 24.6 Å². The van der Waals surface area contributed by atoms with Gasteiger partial charge in [-0.15, -0.1) is 0 Å². The standard InChI is InChI=1S/C18H18FNO3S/c19-14-4-2-1-3-13(14)16(17(22)11-5-6-11)20-8-7-18(23)12(10-20)9-15(21)24-18/h1-4,9,11,16,23H,5-8,10H2/t16-,18+/m1/s1. The second-order valence-corrected chi connectivity index (χ2v) is 7.98. The van der Waals surface area contributed by atoms with Crippen LogP contribution in [0.25, 0.3) is 0 Å². The molecule has 2 heterocycles. The fourth-order valence-electron chi connectivity index (χ4n) is 3.53. The van der Waals surface area contributed by atoms with E-state index in [1.165, 1.54) is 12.1 Å². The SMILES string of the molecule is O=C1C=C2CN([C@@H](C(=O)C3CC3)c3ccccc3F)CC[C@]2(O)S1. The number of aliphatic hydroxyl groups is 1. The van der Waals surface area contributed by atoms with Crippen molar-refractivity contribution in [1.29, 1.82) is 0 Å². The number of hydrogen-bond donors (Lipinski definition) is 1. The molecule has 126 valence electrons. The Morgan fingerprint density at radius 3 is 2.83 bits per heavy atom. The minimum atomic E-state index is -1.16. The Bertz CT molecular complexity index is 746. The van der Waals surface area contributed by atoms with Gasteiger partial charge < -0.3 is 5.11 Å². The number of hydrogen-bond acceptors (Lipinski definition) is 5. The molecule has 0 aromatic heterocycles. The molecule has 2 aliphatic heterocycles. The molecule has 0 bridgehead atoms. The second kappa shape index (κ2) is 5.79. The van der Waals surface area contributed by atoms with Crippen LogP contribution in [0, 0.1) is 11.7 Å². The summed E-state index contributed by atoms with van der Waals surface area (Å²) in [6, 6.07) is 5.73. The molecule has 2 fully saturated rings. The van der Waals surface area contributed by atoms with E-state index in [0.29, 0.717) is 30.6 Å². The highest BCUT2D eigenvalue weighted by Crippen LogP contribution is 2.46. The van der Waals surface area contributed by atoms with Gasteiger partial charge in [0.1, 0.15) is 10.8 Å². The highest BCUT2D eigenvalue weighted by atomic mass is 32.2. The summed E-state index contributed by atoms with van der Waals surface area (Å²) in [7, 11) is 0. The number of halogens is 1. The molecular weight excluding hydrogens is 329 g/mol. The lowest BCUT2D eigenvalue weighted by Crippen LogP contribution is -2.47. The fourth-order valence-corrected chi connectivity index (χ4v) is 4.51. The number of piperidine rings is 1. The van der Waals surface area contributed by atoms with Gasteiger partial charge in [0, 0.05) is 31.0 Å². The Morgan fingerprint density at radius 2 is 2.12 bits per heavy atom. The maximum Gasteiger partial charge on any atom is 0.215 e. The van der Waals surface area contributed by atoms with Crippen molar-refractivity contribution < 1.29 is 19.1 Å². The Balaban J connectivity index is 1.67. The summed E-state index contributed by atoms with van der Waals surface area (Å²) in [5, 5.41) is 10.4. The van der Waals surface area contributed by atoms with Crippen molar-refractivity contribution in [3.05, 3.63) is 47.3 Å². The van der Waals surface area contributed by atoms with Crippen LogP contribution in [0.5, 0.6) is 0 Å². The van der Waals surface area contributed by atoms with Crippen molar-refractivity contribution in [3.8, 4) is 0 Å². The smallest absolute Gasteiger partial charge is 0.215 e. The van der Waals surface area contributed by atoms with Gasteiger partial charge in [-0.3, -0.25) is 14.5 Å². The van der Waals surface area contributed by atoms with E-state index in [4.69, 9.17) is 0 Å². The molecule has 1 saturated carbocycles. The minimum Gasteiger partial charge on any atom is -0.375 e. The molecule has 1 aromatic carbocycles. The van der Waals surface area contributed by atoms with Crippen LogP contribution < -0.4 is 0 Å². The number of carbonyl (C=O) groups excluding carboxylic acids is 2. The third-order valence-electron chi connectivity index (χ3n) is 4.99. The van der Waals surface area contributed by atoms with Gasteiger partial charge in [-0.1, -0.05) is 18.2 Å². The summed E-state index contributed by atoms with van der Waals surface area (Å²) in [5.41, 5.74) is 1.01. The molecule has 1 aromatic rings. The number of Topliss-reactive ketones (excluding diaryl/α,β-unsaturated/α-hetero) is 1. The molecule has 24 heavy (non-hydrogen) atoms. The molecule has 2 atom stereocenters. The molecule has 1 N–H and O–H groups in total. The lowest BCUT2D eigenvalue weighted by Gasteiger charge is -2.40. The monoisotopic (exact) mass is 347 g/mol. The molecular formula is C18H18FNO3S. The van der Waals surface area contributed by atoms with Gasteiger partial charge in [-0.05, 0) is 42.3 Å². The highest BCUT2D eigenvalue weighted by molar-refractivity contribution is 8.15. The van der Waals surface area contributed by atoms with E-state index in [9.17, 15) is 19.1 Å². The normalized spacial score (nSPS) is 28.4. The number of carbonyl (C=O) groups is 2. The Hall–Kier alpha value is -1.50. The molecule has 1 aliphatic carbocycles. The van der Waals surface area contributed by atoms with E-state index in [1.54, 1.807) is 18.2 Å². The Morgan fingerprint density at radius 1 is 1.38 bits per heavy atom. The van der Waals surface area contributed by atoms with E-state index in [1.807, 2.05) is 4.90 Å². The molecule has 0 unspecified atom stereocenters. The van der Waals surface area contributed by atoms with E-state index < -0.39 is 11.0 Å². The van der Waals surface area contributed by atoms with Crippen LogP contribution >= 0.6 is 11.8 Å². The lowest BCUT2D eigenvalue weighted by atomic mass is 9.92. The Kier molecular flexibility index (Phi) is 3.86. The van der Waals surface area contributed by atoms with E-state index in [2.05, 4.69) is 0 Å². The minimum absolute atomic E-state index is 0.00369. The van der Waals surface area contributed by atoms with Crippen LogP contribution in [0.3, 0.4) is 0 Å². The average Bonchev–Trinajstić information content (AvgIpc) is 3.33. The van der Waals surface area contributed by atoms with Crippen molar-refractivity contribution in [2.24, 2.45) is 5.92 Å². The molecule has 6 heteroatoms. The lowest BCUT2D eigenvalue weighted by molar-refractivity contribution is -0.126. The number of fused-ring (bicyclic) bond motifs is 1. The number of ketones is 1. The van der Waals surface area contributed by atoms with Crippen LogP contribution in [-0.4, -0.2) is 38.9 Å². The number of thioether (sulfide) groups is 1. The number of benzene rings is 1. The van der Waals surface area contributed by atoms with E-state index in [-0.39, 0.29) is 22.6 Å². The fraction of sp³-hybridized carbons (Fsp3) is 0.444. The number of nitrogens with zero attached hydrogens (tertiary/aromatic N) is 1. The molecule has 0 amide bonds. The van der Waals surface area contributed by atoms with Crippen molar-refractivity contribution >= 4 is 22.7 Å². The molecule has 4 rings (SSSR count). The molecule has 0 radical (unpaired) electrons. The predicted molar refractivity (Wildman–Crippen MR) is 88.7 cm³/mol. The summed E-state index contributed by atoms with van der Waals surface area (Å²) in [6.07, 6.45) is 3.53. The number of likely N-dealkylation sites (tertiary alicyclic amines) is 1. The first-order valence-corrected chi connectivity index (χ1v) is 8.98. The summed E-state index contributed by atoms with van der Waals surface area (Å²) < 4.78 is 14.3. The summed E-state index contributed by atoms with van der Waals surface area (Å²) >= 11 is 0.930. The quantitative estimate of drug-likeness (QED) is 0.907. The van der Waals surface area contributed by atoms with Crippen LogP contribution in [0.15, 0.2) is 35.9 Å². The first kappa shape index (κ1) is 16.0. The molecule has 3 aliphatic rings. The summed E-state index contributed by atoms with van der Waals surface area (Å²) in [5.74, 6) is -0.338. The molecule has 4 nitrogen and oxygen atoms in total. The van der Waals surface area contributed by atoms with Gasteiger partial charge in [-0.25, -0.2) is 4.39 Å². The first-order chi connectivity index (χ1) is 11.5. The van der Waals surface area contributed by atoms with Gasteiger partial charge in [0.15, 0.2) is 5.78 Å². The molecule has 0 spiro atoms. The largest absolute Gasteiger partial charge is 0.375 e. The van der Waals surface area contributed by atoms with Gasteiger partial charge in [0.25, 0.3) is 0 Å². The van der Waals surface area contributed by atoms with Crippen LogP contribution in [0.2, 0.25) is 0 Å². The first-order valence-electron chi connectivity index (χ1n) is 8.16. The third kappa shape index (κ3) is 2.72. The van der Waals surface area contributed by atoms with Gasteiger partial charge in [0.05, 0.1) is 6.04 Å². The zero-order valence-corrected chi connectivity index (χ0v) is 13.9. The maximum absolute atomic E-state index is 14.3. The van der Waals surface area contributed by atoms with Crippen molar-refractivity contribution in [1.82, 2.24) is 4.90 Å². The predicted octanol–water partition coefficient (Wildman–Crippen LogP) is 2.44. The third-order valence-corrected chi connectivity index (χ3v) is 6.11. The van der Waals surface area contributed by atoms with Crippen LogP contribution in [0.1, 0.15) is 30.9 Å². The van der Waals surface area contributed by atoms with Gasteiger partial charge >= 0.3 is 0 Å². The van der Waals surface area contributed by atoms with E-state index >= 15 is 0 Å². The molecule has 1 saturated heterocycles. The van der Waals surface area contributed by atoms with Crippen molar-refractivity contribution in [2.45, 2.75) is 30.2 Å². The Labute approximate surface area is 143 Å².